The summed E-state index contributed by atoms with van der Waals surface area (Å²) >= 11 is 0. The van der Waals surface area contributed by atoms with E-state index in [1.807, 2.05) is 24.3 Å². The molecule has 0 radical (unpaired) electrons. The Labute approximate surface area is 112 Å². The van der Waals surface area contributed by atoms with E-state index in [1.165, 1.54) is 23.8 Å². The minimum atomic E-state index is -0.778. The van der Waals surface area contributed by atoms with Crippen molar-refractivity contribution in [3.8, 4) is 11.5 Å². The van der Waals surface area contributed by atoms with E-state index in [1.54, 1.807) is 6.92 Å². The predicted molar refractivity (Wildman–Crippen MR) is 72.9 cm³/mol. The van der Waals surface area contributed by atoms with Gasteiger partial charge < -0.3 is 9.84 Å². The van der Waals surface area contributed by atoms with Gasteiger partial charge >= 0.3 is 0 Å². The number of aryl methyl sites for hydroxylation is 1. The first-order chi connectivity index (χ1) is 9.10. The number of hydrogen-bond acceptors (Lipinski definition) is 2. The predicted octanol–water partition coefficient (Wildman–Crippen LogP) is 4.23. The van der Waals surface area contributed by atoms with Crippen molar-refractivity contribution < 1.29 is 14.2 Å². The summed E-state index contributed by atoms with van der Waals surface area (Å²) in [7, 11) is 0. The molecule has 0 aromatic heterocycles. The molecule has 2 rings (SSSR count). The minimum absolute atomic E-state index is 0.384. The number of halogens is 1. The molecule has 0 bridgehead atoms. The molecule has 0 spiro atoms. The summed E-state index contributed by atoms with van der Waals surface area (Å²) in [5, 5.41) is 9.66. The molecular formula is C16H17FO2. The van der Waals surface area contributed by atoms with Gasteiger partial charge in [0, 0.05) is 5.56 Å². The van der Waals surface area contributed by atoms with Crippen molar-refractivity contribution in [2.75, 3.05) is 0 Å². The number of rotatable bonds is 4. The van der Waals surface area contributed by atoms with Gasteiger partial charge in [-0.25, -0.2) is 4.39 Å². The van der Waals surface area contributed by atoms with Crippen molar-refractivity contribution in [1.29, 1.82) is 0 Å². The fourth-order valence-electron chi connectivity index (χ4n) is 1.89. The first-order valence-corrected chi connectivity index (χ1v) is 6.34. The Bertz CT molecular complexity index is 564. The summed E-state index contributed by atoms with van der Waals surface area (Å²) in [5.74, 6) is 0.781. The molecule has 1 N–H and O–H groups in total. The smallest absolute Gasteiger partial charge is 0.133 e. The highest BCUT2D eigenvalue weighted by Crippen LogP contribution is 2.30. The topological polar surface area (TPSA) is 29.5 Å². The van der Waals surface area contributed by atoms with Gasteiger partial charge in [0.05, 0.1) is 6.10 Å². The van der Waals surface area contributed by atoms with Crippen molar-refractivity contribution in [2.24, 2.45) is 0 Å². The van der Waals surface area contributed by atoms with Crippen molar-refractivity contribution >= 4 is 0 Å². The molecule has 19 heavy (non-hydrogen) atoms. The third kappa shape index (κ3) is 3.32. The van der Waals surface area contributed by atoms with Crippen molar-refractivity contribution in [3.05, 3.63) is 59.4 Å². The van der Waals surface area contributed by atoms with Crippen LogP contribution < -0.4 is 4.74 Å². The van der Waals surface area contributed by atoms with E-state index in [-0.39, 0.29) is 5.82 Å². The maximum Gasteiger partial charge on any atom is 0.133 e. The largest absolute Gasteiger partial charge is 0.457 e. The van der Waals surface area contributed by atoms with Gasteiger partial charge in [-0.05, 0) is 49.2 Å². The number of benzene rings is 2. The van der Waals surface area contributed by atoms with Crippen LogP contribution in [0.5, 0.6) is 11.5 Å². The van der Waals surface area contributed by atoms with E-state index >= 15 is 0 Å². The summed E-state index contributed by atoms with van der Waals surface area (Å²) in [6.45, 7) is 3.66. The molecule has 0 aliphatic carbocycles. The van der Waals surface area contributed by atoms with Gasteiger partial charge in [0.1, 0.15) is 17.3 Å². The molecule has 0 saturated carbocycles. The Kier molecular flexibility index (Phi) is 4.17. The van der Waals surface area contributed by atoms with E-state index in [4.69, 9.17) is 4.74 Å². The van der Waals surface area contributed by atoms with Crippen LogP contribution in [-0.2, 0) is 6.42 Å². The second kappa shape index (κ2) is 5.85. The number of aliphatic hydroxyl groups is 1. The maximum atomic E-state index is 13.2. The first-order valence-electron chi connectivity index (χ1n) is 6.34. The number of aliphatic hydroxyl groups excluding tert-OH is 1. The first kappa shape index (κ1) is 13.6. The van der Waals surface area contributed by atoms with Crippen molar-refractivity contribution in [3.63, 3.8) is 0 Å². The molecule has 100 valence electrons. The lowest BCUT2D eigenvalue weighted by molar-refractivity contribution is 0.195. The zero-order valence-electron chi connectivity index (χ0n) is 11.1. The molecule has 2 nitrogen and oxygen atoms in total. The molecule has 0 aliphatic rings. The van der Waals surface area contributed by atoms with Crippen LogP contribution in [-0.4, -0.2) is 5.11 Å². The monoisotopic (exact) mass is 260 g/mol. The fraction of sp³-hybridized carbons (Fsp3) is 0.250. The second-order valence-electron chi connectivity index (χ2n) is 4.46. The molecule has 0 unspecified atom stereocenters. The molecule has 0 amide bonds. The standard InChI is InChI=1S/C16H17FO2/c1-3-12-5-4-6-14(9-12)19-16-8-7-13(17)10-15(16)11(2)18/h4-11,18H,3H2,1-2H3/t11-/m0/s1. The Morgan fingerprint density at radius 1 is 1.21 bits per heavy atom. The molecule has 0 heterocycles. The lowest BCUT2D eigenvalue weighted by Crippen LogP contribution is -1.97. The molecule has 0 saturated heterocycles. The van der Waals surface area contributed by atoms with Gasteiger partial charge in [0.2, 0.25) is 0 Å². The third-order valence-corrected chi connectivity index (χ3v) is 2.96. The highest BCUT2D eigenvalue weighted by Gasteiger charge is 2.11. The van der Waals surface area contributed by atoms with Gasteiger partial charge in [-0.3, -0.25) is 0 Å². The van der Waals surface area contributed by atoms with Crippen LogP contribution in [0.2, 0.25) is 0 Å². The Hall–Kier alpha value is -1.87. The summed E-state index contributed by atoms with van der Waals surface area (Å²) in [6.07, 6.45) is 0.143. The molecule has 2 aromatic rings. The summed E-state index contributed by atoms with van der Waals surface area (Å²) in [6, 6.07) is 11.9. The lowest BCUT2D eigenvalue weighted by Gasteiger charge is -2.13. The molecule has 2 aromatic carbocycles. The van der Waals surface area contributed by atoms with Gasteiger partial charge in [-0.15, -0.1) is 0 Å². The quantitative estimate of drug-likeness (QED) is 0.891. The summed E-state index contributed by atoms with van der Waals surface area (Å²) in [4.78, 5) is 0. The average molecular weight is 260 g/mol. The zero-order valence-corrected chi connectivity index (χ0v) is 11.1. The zero-order chi connectivity index (χ0) is 13.8. The average Bonchev–Trinajstić information content (AvgIpc) is 2.41. The molecule has 3 heteroatoms. The molecule has 0 fully saturated rings. The van der Waals surface area contributed by atoms with E-state index in [0.717, 1.165) is 6.42 Å². The Balaban J connectivity index is 2.32. The van der Waals surface area contributed by atoms with E-state index in [2.05, 4.69) is 6.92 Å². The van der Waals surface area contributed by atoms with Crippen LogP contribution in [0.25, 0.3) is 0 Å². The van der Waals surface area contributed by atoms with Gasteiger partial charge in [-0.1, -0.05) is 19.1 Å². The minimum Gasteiger partial charge on any atom is -0.457 e. The van der Waals surface area contributed by atoms with Gasteiger partial charge in [-0.2, -0.15) is 0 Å². The third-order valence-electron chi connectivity index (χ3n) is 2.96. The van der Waals surface area contributed by atoms with Gasteiger partial charge in [0.25, 0.3) is 0 Å². The van der Waals surface area contributed by atoms with E-state index < -0.39 is 6.10 Å². The Morgan fingerprint density at radius 3 is 2.68 bits per heavy atom. The van der Waals surface area contributed by atoms with Crippen LogP contribution in [0.1, 0.15) is 31.1 Å². The van der Waals surface area contributed by atoms with Gasteiger partial charge in [0.15, 0.2) is 0 Å². The summed E-state index contributed by atoms with van der Waals surface area (Å²) in [5.41, 5.74) is 1.61. The second-order valence-corrected chi connectivity index (χ2v) is 4.46. The van der Waals surface area contributed by atoms with Crippen molar-refractivity contribution in [1.82, 2.24) is 0 Å². The molecule has 1 atom stereocenters. The summed E-state index contributed by atoms with van der Waals surface area (Å²) < 4.78 is 18.9. The highest BCUT2D eigenvalue weighted by molar-refractivity contribution is 5.40. The molecule has 0 aliphatic heterocycles. The number of hydrogen-bond donors (Lipinski definition) is 1. The maximum absolute atomic E-state index is 13.2. The van der Waals surface area contributed by atoms with E-state index in [0.29, 0.717) is 17.1 Å². The normalized spacial score (nSPS) is 12.2. The van der Waals surface area contributed by atoms with Crippen molar-refractivity contribution in [2.45, 2.75) is 26.4 Å². The highest BCUT2D eigenvalue weighted by atomic mass is 19.1. The van der Waals surface area contributed by atoms with Crippen LogP contribution in [0, 0.1) is 5.82 Å². The van der Waals surface area contributed by atoms with Crippen LogP contribution in [0.4, 0.5) is 4.39 Å². The SMILES string of the molecule is CCc1cccc(Oc2ccc(F)cc2[C@H](C)O)c1. The van der Waals surface area contributed by atoms with Crippen LogP contribution in [0.3, 0.4) is 0 Å². The van der Waals surface area contributed by atoms with Crippen LogP contribution >= 0.6 is 0 Å². The Morgan fingerprint density at radius 2 is 2.00 bits per heavy atom. The number of ether oxygens (including phenoxy) is 1. The fourth-order valence-corrected chi connectivity index (χ4v) is 1.89. The van der Waals surface area contributed by atoms with E-state index in [9.17, 15) is 9.50 Å². The van der Waals surface area contributed by atoms with Crippen LogP contribution in [0.15, 0.2) is 42.5 Å². The molecular weight excluding hydrogens is 243 g/mol. The lowest BCUT2D eigenvalue weighted by atomic mass is 10.1.